The molecule has 0 aliphatic heterocycles. The van der Waals surface area contributed by atoms with Crippen molar-refractivity contribution in [1.29, 1.82) is 0 Å². The predicted octanol–water partition coefficient (Wildman–Crippen LogP) is 7.00. The van der Waals surface area contributed by atoms with Gasteiger partial charge in [-0.2, -0.15) is 0 Å². The first kappa shape index (κ1) is 15.7. The molecule has 1 aromatic carbocycles. The molecule has 19 heavy (non-hydrogen) atoms. The zero-order valence-electron chi connectivity index (χ0n) is 8.91. The van der Waals surface area contributed by atoms with E-state index in [1.807, 2.05) is 18.2 Å². The molecule has 0 unspecified atom stereocenters. The van der Waals surface area contributed by atoms with Gasteiger partial charge in [0.1, 0.15) is 0 Å². The molecule has 0 bridgehead atoms. The summed E-state index contributed by atoms with van der Waals surface area (Å²) in [5.41, 5.74) is 10.4. The van der Waals surface area contributed by atoms with Crippen LogP contribution < -0.4 is 0 Å². The normalized spacial score (nSPS) is 11.4. The van der Waals surface area contributed by atoms with Crippen molar-refractivity contribution in [3.63, 3.8) is 0 Å². The van der Waals surface area contributed by atoms with E-state index in [1.165, 1.54) is 0 Å². The van der Waals surface area contributed by atoms with Gasteiger partial charge < -0.3 is 0 Å². The third kappa shape index (κ3) is 3.33. The van der Waals surface area contributed by atoms with E-state index >= 15 is 0 Å². The number of benzene rings is 1. The van der Waals surface area contributed by atoms with Crippen LogP contribution in [-0.2, 0) is 2.14 Å². The van der Waals surface area contributed by atoms with Gasteiger partial charge in [-0.15, -0.1) is 0 Å². The SMILES string of the molecule is [N-]=[N+]=Nc1c(Br)cc(Br)c2ccc(C(Br)(Br)Br)nc12. The molecule has 0 saturated heterocycles. The van der Waals surface area contributed by atoms with Gasteiger partial charge in [0.05, 0.1) is 16.9 Å². The molecule has 0 spiro atoms. The first-order valence-corrected chi connectivity index (χ1v) is 8.72. The van der Waals surface area contributed by atoms with E-state index in [2.05, 4.69) is 94.7 Å². The highest BCUT2D eigenvalue weighted by atomic mass is 80.0. The van der Waals surface area contributed by atoms with Crippen LogP contribution in [0.4, 0.5) is 5.69 Å². The Morgan fingerprint density at radius 2 is 1.84 bits per heavy atom. The monoisotopic (exact) mass is 574 g/mol. The first-order valence-electron chi connectivity index (χ1n) is 4.75. The van der Waals surface area contributed by atoms with Crippen LogP contribution in [0.5, 0.6) is 0 Å². The largest absolute Gasteiger partial charge is 0.249 e. The zero-order valence-corrected chi connectivity index (χ0v) is 16.8. The lowest BCUT2D eigenvalue weighted by Gasteiger charge is -2.14. The highest BCUT2D eigenvalue weighted by Crippen LogP contribution is 2.45. The molecule has 0 saturated carbocycles. The molecule has 98 valence electrons. The van der Waals surface area contributed by atoms with E-state index in [-0.39, 0.29) is 0 Å². The molecule has 0 amide bonds. The average Bonchev–Trinajstić information content (AvgIpc) is 2.32. The maximum absolute atomic E-state index is 8.67. The fraction of sp³-hybridized carbons (Fsp3) is 0.100. The van der Waals surface area contributed by atoms with Crippen LogP contribution in [0.15, 0.2) is 32.3 Å². The summed E-state index contributed by atoms with van der Waals surface area (Å²) in [6.07, 6.45) is 0. The zero-order chi connectivity index (χ0) is 14.2. The molecule has 2 rings (SSSR count). The summed E-state index contributed by atoms with van der Waals surface area (Å²) in [5.74, 6) is 0. The minimum atomic E-state index is -0.621. The smallest absolute Gasteiger partial charge is 0.176 e. The van der Waals surface area contributed by atoms with Gasteiger partial charge in [-0.05, 0) is 23.7 Å². The molecule has 0 atom stereocenters. The predicted molar refractivity (Wildman–Crippen MR) is 94.4 cm³/mol. The highest BCUT2D eigenvalue weighted by molar-refractivity contribution is 9.38. The molecule has 1 heterocycles. The number of aromatic nitrogens is 1. The van der Waals surface area contributed by atoms with E-state index < -0.39 is 2.14 Å². The van der Waals surface area contributed by atoms with Gasteiger partial charge in [-0.1, -0.05) is 84.8 Å². The Bertz CT molecular complexity index is 703. The van der Waals surface area contributed by atoms with Gasteiger partial charge in [0.2, 0.25) is 0 Å². The third-order valence-corrected chi connectivity index (χ3v) is 4.77. The van der Waals surface area contributed by atoms with Gasteiger partial charge in [-0.3, -0.25) is 0 Å². The lowest BCUT2D eigenvalue weighted by Crippen LogP contribution is -2.01. The Morgan fingerprint density at radius 3 is 2.42 bits per heavy atom. The molecule has 4 nitrogen and oxygen atoms in total. The average molecular weight is 579 g/mol. The van der Waals surface area contributed by atoms with Crippen molar-refractivity contribution in [3.05, 3.63) is 43.3 Å². The van der Waals surface area contributed by atoms with Gasteiger partial charge in [0.25, 0.3) is 0 Å². The lowest BCUT2D eigenvalue weighted by molar-refractivity contribution is 1.19. The summed E-state index contributed by atoms with van der Waals surface area (Å²) in [6, 6.07) is 5.60. The van der Waals surface area contributed by atoms with Gasteiger partial charge >= 0.3 is 0 Å². The van der Waals surface area contributed by atoms with Crippen LogP contribution >= 0.6 is 79.6 Å². The molecule has 0 aliphatic rings. The van der Waals surface area contributed by atoms with Crippen molar-refractivity contribution in [2.24, 2.45) is 5.11 Å². The minimum absolute atomic E-state index is 0.458. The van der Waals surface area contributed by atoms with Crippen LogP contribution in [0.3, 0.4) is 0 Å². The quantitative estimate of drug-likeness (QED) is 0.156. The van der Waals surface area contributed by atoms with E-state index in [1.54, 1.807) is 0 Å². The van der Waals surface area contributed by atoms with Crippen molar-refractivity contribution < 1.29 is 0 Å². The molecular formula is C10H3Br5N4. The molecule has 9 heteroatoms. The minimum Gasteiger partial charge on any atom is -0.249 e. The molecule has 0 aliphatic carbocycles. The van der Waals surface area contributed by atoms with Gasteiger partial charge in [0.15, 0.2) is 2.14 Å². The van der Waals surface area contributed by atoms with Crippen molar-refractivity contribution >= 4 is 96.2 Å². The fourth-order valence-electron chi connectivity index (χ4n) is 1.50. The van der Waals surface area contributed by atoms with Crippen molar-refractivity contribution in [1.82, 2.24) is 4.98 Å². The summed E-state index contributed by atoms with van der Waals surface area (Å²) in [4.78, 5) is 7.36. The Morgan fingerprint density at radius 1 is 1.16 bits per heavy atom. The lowest BCUT2D eigenvalue weighted by atomic mass is 10.2. The summed E-state index contributed by atoms with van der Waals surface area (Å²) >= 11 is 17.1. The second-order valence-electron chi connectivity index (χ2n) is 3.47. The summed E-state index contributed by atoms with van der Waals surface area (Å²) in [5, 5.41) is 4.57. The van der Waals surface area contributed by atoms with Crippen LogP contribution in [0.1, 0.15) is 5.69 Å². The Balaban J connectivity index is 2.89. The Kier molecular flexibility index (Phi) is 4.96. The van der Waals surface area contributed by atoms with Crippen molar-refractivity contribution in [2.45, 2.75) is 2.14 Å². The Labute approximate surface area is 150 Å². The number of rotatable bonds is 1. The summed E-state index contributed by atoms with van der Waals surface area (Å²) in [7, 11) is 0. The number of azide groups is 1. The summed E-state index contributed by atoms with van der Waals surface area (Å²) < 4.78 is 0.928. The van der Waals surface area contributed by atoms with E-state index in [4.69, 9.17) is 5.53 Å². The number of fused-ring (bicyclic) bond motifs is 1. The highest BCUT2D eigenvalue weighted by Gasteiger charge is 2.23. The van der Waals surface area contributed by atoms with Crippen LogP contribution in [-0.4, -0.2) is 4.98 Å². The van der Waals surface area contributed by atoms with Gasteiger partial charge in [0, 0.05) is 19.2 Å². The second-order valence-corrected chi connectivity index (χ2v) is 11.9. The third-order valence-electron chi connectivity index (χ3n) is 2.29. The maximum Gasteiger partial charge on any atom is 0.176 e. The van der Waals surface area contributed by atoms with E-state index in [0.29, 0.717) is 21.4 Å². The molecule has 0 radical (unpaired) electrons. The standard InChI is InChI=1S/C10H3Br5N4/c11-5-3-6(12)9(18-19-16)8-4(5)1-2-7(17-8)10(13,14)15/h1-3H. The van der Waals surface area contributed by atoms with E-state index in [9.17, 15) is 0 Å². The topological polar surface area (TPSA) is 61.7 Å². The number of hydrogen-bond donors (Lipinski definition) is 0. The molecule has 0 N–H and O–H groups in total. The molecule has 2 aromatic rings. The number of alkyl halides is 3. The van der Waals surface area contributed by atoms with Crippen LogP contribution in [0.25, 0.3) is 21.3 Å². The fourth-order valence-corrected chi connectivity index (χ4v) is 3.52. The van der Waals surface area contributed by atoms with Crippen molar-refractivity contribution in [2.75, 3.05) is 0 Å². The summed E-state index contributed by atoms with van der Waals surface area (Å²) in [6.45, 7) is 0. The van der Waals surface area contributed by atoms with Crippen LogP contribution in [0, 0.1) is 0 Å². The van der Waals surface area contributed by atoms with Crippen LogP contribution in [0.2, 0.25) is 0 Å². The first-order chi connectivity index (χ1) is 8.84. The molecule has 1 aromatic heterocycles. The van der Waals surface area contributed by atoms with E-state index in [0.717, 1.165) is 9.86 Å². The maximum atomic E-state index is 8.67. The number of pyridine rings is 1. The second kappa shape index (κ2) is 5.99. The number of hydrogen-bond acceptors (Lipinski definition) is 2. The number of nitrogens with zero attached hydrogens (tertiary/aromatic N) is 4. The Hall–Kier alpha value is 0.340. The molecule has 0 fully saturated rings. The van der Waals surface area contributed by atoms with Gasteiger partial charge in [-0.25, -0.2) is 4.98 Å². The van der Waals surface area contributed by atoms with Crippen molar-refractivity contribution in [3.8, 4) is 0 Å². The molecular weight excluding hydrogens is 576 g/mol. The number of halogens is 5.